The first-order chi connectivity index (χ1) is 3.27. The van der Waals surface area contributed by atoms with Gasteiger partial charge >= 0.3 is 5.97 Å². The summed E-state index contributed by atoms with van der Waals surface area (Å²) in [6, 6.07) is 1.10. The predicted molar refractivity (Wildman–Crippen MR) is 31.6 cm³/mol. The van der Waals surface area contributed by atoms with Crippen LogP contribution in [0.5, 0.6) is 0 Å². The van der Waals surface area contributed by atoms with Gasteiger partial charge < -0.3 is 5.11 Å². The highest BCUT2D eigenvalue weighted by Crippen LogP contribution is 1.89. The molecule has 0 fully saturated rings. The van der Waals surface area contributed by atoms with Crippen LogP contribution in [0.3, 0.4) is 0 Å². The Morgan fingerprint density at radius 3 is 2.43 bits per heavy atom. The number of aliphatic carboxylic acids is 1. The van der Waals surface area contributed by atoms with Crippen LogP contribution in [0.4, 0.5) is 0 Å². The zero-order valence-electron chi connectivity index (χ0n) is 4.48. The second-order valence-electron chi connectivity index (χ2n) is 1.50. The van der Waals surface area contributed by atoms with Crippen molar-refractivity contribution in [3.05, 3.63) is 0 Å². The van der Waals surface area contributed by atoms with Crippen LogP contribution >= 0.6 is 0 Å². The third-order valence-corrected chi connectivity index (χ3v) is 1.45. The van der Waals surface area contributed by atoms with Crippen molar-refractivity contribution < 1.29 is 9.90 Å². The quantitative estimate of drug-likeness (QED) is 0.514. The second-order valence-corrected chi connectivity index (χ2v) is 2.50. The molecule has 0 atom stereocenters. The van der Waals surface area contributed by atoms with Crippen LogP contribution in [0, 0.1) is 0 Å². The molecule has 42 valence electrons. The van der Waals surface area contributed by atoms with Gasteiger partial charge in [-0.25, -0.2) is 0 Å². The molecule has 0 aliphatic carbocycles. The van der Waals surface area contributed by atoms with Gasteiger partial charge in [-0.3, -0.25) is 4.79 Å². The summed E-state index contributed by atoms with van der Waals surface area (Å²) in [4.78, 5) is 9.77. The lowest BCUT2D eigenvalue weighted by molar-refractivity contribution is -0.137. The molecule has 1 N–H and O–H groups in total. The normalized spacial score (nSPS) is 9.14. The minimum atomic E-state index is -0.671. The van der Waals surface area contributed by atoms with Gasteiger partial charge in [-0.15, -0.1) is 0 Å². The van der Waals surface area contributed by atoms with E-state index in [0.717, 1.165) is 22.7 Å². The van der Waals surface area contributed by atoms with Crippen LogP contribution in [-0.4, -0.2) is 21.3 Å². The Labute approximate surface area is 46.0 Å². The summed E-state index contributed by atoms with van der Waals surface area (Å²) >= 11 is 0. The largest absolute Gasteiger partial charge is 0.481 e. The number of carboxylic acids is 1. The number of hydrogen-bond acceptors (Lipinski definition) is 1. The molecule has 3 heteroatoms. The molecule has 7 heavy (non-hydrogen) atoms. The minimum absolute atomic E-state index is 0.351. The average molecular weight is 118 g/mol. The lowest BCUT2D eigenvalue weighted by Gasteiger charge is -1.85. The van der Waals surface area contributed by atoms with Crippen molar-refractivity contribution in [2.75, 3.05) is 0 Å². The summed E-state index contributed by atoms with van der Waals surface area (Å²) in [6.45, 7) is 0. The molecule has 0 amide bonds. The van der Waals surface area contributed by atoms with Gasteiger partial charge in [-0.2, -0.15) is 0 Å². The van der Waals surface area contributed by atoms with Crippen LogP contribution in [0.25, 0.3) is 0 Å². The van der Waals surface area contributed by atoms with Gasteiger partial charge in [0.1, 0.15) is 0 Å². The Morgan fingerprint density at radius 2 is 2.29 bits per heavy atom. The molecule has 0 spiro atoms. The van der Waals surface area contributed by atoms with E-state index in [9.17, 15) is 4.79 Å². The van der Waals surface area contributed by atoms with Crippen molar-refractivity contribution in [2.24, 2.45) is 0 Å². The highest BCUT2D eigenvalue weighted by Gasteiger charge is 1.90. The Hall–Kier alpha value is -0.313. The van der Waals surface area contributed by atoms with Crippen LogP contribution in [0.2, 0.25) is 6.04 Å². The average Bonchev–Trinajstić information content (AvgIpc) is 1.61. The molecule has 0 unspecified atom stereocenters. The lowest BCUT2D eigenvalue weighted by Crippen LogP contribution is -1.92. The van der Waals surface area contributed by atoms with E-state index in [0.29, 0.717) is 6.42 Å². The standard InChI is InChI=1S/C4H10O2Si/c5-4(6)2-1-3-7/h1-3H2,7H3,(H,5,6). The molecule has 0 aliphatic rings. The molecule has 0 aromatic heterocycles. The third-order valence-electron chi connectivity index (χ3n) is 0.744. The highest BCUT2D eigenvalue weighted by atomic mass is 28.1. The van der Waals surface area contributed by atoms with Crippen LogP contribution in [0.15, 0.2) is 0 Å². The summed E-state index contributed by atoms with van der Waals surface area (Å²) in [6.07, 6.45) is 1.21. The fourth-order valence-electron chi connectivity index (χ4n) is 0.328. The van der Waals surface area contributed by atoms with E-state index in [2.05, 4.69) is 0 Å². The molecule has 0 saturated heterocycles. The maximum absolute atomic E-state index is 9.77. The summed E-state index contributed by atoms with van der Waals surface area (Å²) in [5.41, 5.74) is 0. The molecule has 0 heterocycles. The van der Waals surface area contributed by atoms with Crippen molar-refractivity contribution in [1.29, 1.82) is 0 Å². The zero-order chi connectivity index (χ0) is 5.70. The molecule has 0 aromatic carbocycles. The fourth-order valence-corrected chi connectivity index (χ4v) is 0.682. The smallest absolute Gasteiger partial charge is 0.303 e. The minimum Gasteiger partial charge on any atom is -0.481 e. The van der Waals surface area contributed by atoms with Gasteiger partial charge in [0.2, 0.25) is 0 Å². The molecule has 0 aromatic rings. The van der Waals surface area contributed by atoms with Crippen molar-refractivity contribution in [3.63, 3.8) is 0 Å². The SMILES string of the molecule is O=C(O)CCC[SiH3]. The number of carboxylic acid groups (broad SMARTS) is 1. The Kier molecular flexibility index (Phi) is 3.69. The van der Waals surface area contributed by atoms with Gasteiger partial charge in [0.05, 0.1) is 0 Å². The van der Waals surface area contributed by atoms with Gasteiger partial charge in [0, 0.05) is 16.7 Å². The first-order valence-electron chi connectivity index (χ1n) is 2.49. The van der Waals surface area contributed by atoms with Crippen LogP contribution < -0.4 is 0 Å². The summed E-state index contributed by atoms with van der Waals surface area (Å²) in [5.74, 6) is -0.671. The third kappa shape index (κ3) is 5.69. The Balaban J connectivity index is 2.82. The first-order valence-corrected chi connectivity index (χ1v) is 3.90. The molecular formula is C4H10O2Si. The molecule has 0 bridgehead atoms. The Morgan fingerprint density at radius 1 is 1.71 bits per heavy atom. The summed E-state index contributed by atoms with van der Waals surface area (Å²) in [7, 11) is 1.13. The summed E-state index contributed by atoms with van der Waals surface area (Å²) < 4.78 is 0. The van der Waals surface area contributed by atoms with Crippen molar-refractivity contribution in [1.82, 2.24) is 0 Å². The topological polar surface area (TPSA) is 37.3 Å². The fraction of sp³-hybridized carbons (Fsp3) is 0.750. The van der Waals surface area contributed by atoms with Crippen molar-refractivity contribution in [2.45, 2.75) is 18.9 Å². The van der Waals surface area contributed by atoms with E-state index < -0.39 is 5.97 Å². The molecule has 0 rings (SSSR count). The van der Waals surface area contributed by atoms with E-state index in [4.69, 9.17) is 5.11 Å². The van der Waals surface area contributed by atoms with E-state index >= 15 is 0 Å². The monoisotopic (exact) mass is 118 g/mol. The summed E-state index contributed by atoms with van der Waals surface area (Å²) in [5, 5.41) is 8.06. The van der Waals surface area contributed by atoms with Crippen molar-refractivity contribution in [3.8, 4) is 0 Å². The highest BCUT2D eigenvalue weighted by molar-refractivity contribution is 6.08. The number of hydrogen-bond donors (Lipinski definition) is 1. The van der Waals surface area contributed by atoms with Gasteiger partial charge in [-0.05, 0) is 6.42 Å². The van der Waals surface area contributed by atoms with E-state index in [1.54, 1.807) is 0 Å². The maximum Gasteiger partial charge on any atom is 0.303 e. The van der Waals surface area contributed by atoms with Crippen LogP contribution in [0.1, 0.15) is 12.8 Å². The second kappa shape index (κ2) is 3.86. The maximum atomic E-state index is 9.77. The molecule has 0 saturated carbocycles. The van der Waals surface area contributed by atoms with Gasteiger partial charge in [-0.1, -0.05) is 6.04 Å². The van der Waals surface area contributed by atoms with E-state index in [1.807, 2.05) is 0 Å². The number of rotatable bonds is 3. The van der Waals surface area contributed by atoms with E-state index in [1.165, 1.54) is 0 Å². The van der Waals surface area contributed by atoms with Gasteiger partial charge in [0.25, 0.3) is 0 Å². The lowest BCUT2D eigenvalue weighted by atomic mass is 10.3. The first kappa shape index (κ1) is 6.69. The molecular weight excluding hydrogens is 108 g/mol. The van der Waals surface area contributed by atoms with Gasteiger partial charge in [0.15, 0.2) is 0 Å². The molecule has 2 nitrogen and oxygen atoms in total. The number of carbonyl (C=O) groups is 1. The molecule has 0 radical (unpaired) electrons. The van der Waals surface area contributed by atoms with Crippen molar-refractivity contribution >= 4 is 16.2 Å². The zero-order valence-corrected chi connectivity index (χ0v) is 6.48. The Bertz CT molecular complexity index is 62.7. The predicted octanol–water partition coefficient (Wildman–Crippen LogP) is -0.365. The van der Waals surface area contributed by atoms with Crippen LogP contribution in [-0.2, 0) is 4.79 Å². The van der Waals surface area contributed by atoms with E-state index in [-0.39, 0.29) is 0 Å². The molecule has 0 aliphatic heterocycles.